The van der Waals surface area contributed by atoms with Gasteiger partial charge in [-0.15, -0.1) is 0 Å². The van der Waals surface area contributed by atoms with Gasteiger partial charge in [-0.05, 0) is 36.8 Å². The van der Waals surface area contributed by atoms with E-state index in [4.69, 9.17) is 25.8 Å². The van der Waals surface area contributed by atoms with Crippen LogP contribution in [0.25, 0.3) is 0 Å². The fraction of sp³-hybridized carbons (Fsp3) is 0.300. The Bertz CT molecular complexity index is 946. The minimum absolute atomic E-state index is 0.0549. The largest absolute Gasteiger partial charge is 0.497 e. The molecule has 0 saturated carbocycles. The van der Waals surface area contributed by atoms with E-state index < -0.39 is 11.6 Å². The fourth-order valence-corrected chi connectivity index (χ4v) is 3.77. The first-order valence-electron chi connectivity index (χ1n) is 8.73. The summed E-state index contributed by atoms with van der Waals surface area (Å²) in [5.74, 6) is 0.934. The number of urea groups is 1. The maximum absolute atomic E-state index is 13.2. The summed E-state index contributed by atoms with van der Waals surface area (Å²) >= 11 is 6.19. The third-order valence-corrected chi connectivity index (χ3v) is 5.24. The van der Waals surface area contributed by atoms with Crippen molar-refractivity contribution in [2.45, 2.75) is 25.6 Å². The van der Waals surface area contributed by atoms with Gasteiger partial charge in [-0.1, -0.05) is 23.7 Å². The van der Waals surface area contributed by atoms with Crippen LogP contribution in [0, 0.1) is 0 Å². The Labute approximate surface area is 167 Å². The van der Waals surface area contributed by atoms with E-state index in [2.05, 4.69) is 5.32 Å². The summed E-state index contributed by atoms with van der Waals surface area (Å²) in [6.45, 7) is 2.23. The van der Waals surface area contributed by atoms with Crippen molar-refractivity contribution in [3.05, 3.63) is 58.1 Å². The van der Waals surface area contributed by atoms with Crippen LogP contribution in [0.4, 0.5) is 4.79 Å². The molecule has 7 nitrogen and oxygen atoms in total. The van der Waals surface area contributed by atoms with Crippen LogP contribution in [0.2, 0.25) is 5.02 Å². The molecule has 2 aliphatic heterocycles. The molecule has 2 aliphatic rings. The van der Waals surface area contributed by atoms with Crippen LogP contribution in [0.1, 0.15) is 23.6 Å². The second kappa shape index (κ2) is 7.00. The highest BCUT2D eigenvalue weighted by molar-refractivity contribution is 6.30. The smallest absolute Gasteiger partial charge is 0.325 e. The van der Waals surface area contributed by atoms with Crippen molar-refractivity contribution in [1.82, 2.24) is 10.2 Å². The number of halogens is 1. The van der Waals surface area contributed by atoms with Gasteiger partial charge in [0.1, 0.15) is 17.0 Å². The highest BCUT2D eigenvalue weighted by atomic mass is 35.5. The van der Waals surface area contributed by atoms with E-state index in [0.29, 0.717) is 34.3 Å². The van der Waals surface area contributed by atoms with E-state index in [1.54, 1.807) is 50.4 Å². The number of hydrogen-bond acceptors (Lipinski definition) is 5. The second-order valence-electron chi connectivity index (χ2n) is 6.84. The van der Waals surface area contributed by atoms with E-state index in [0.717, 1.165) is 5.56 Å². The van der Waals surface area contributed by atoms with E-state index in [9.17, 15) is 9.59 Å². The average Bonchev–Trinajstić information content (AvgIpc) is 2.92. The molecule has 8 heteroatoms. The van der Waals surface area contributed by atoms with Gasteiger partial charge >= 0.3 is 6.03 Å². The predicted molar refractivity (Wildman–Crippen MR) is 101 cm³/mol. The van der Waals surface area contributed by atoms with Crippen molar-refractivity contribution in [3.8, 4) is 11.5 Å². The van der Waals surface area contributed by atoms with Crippen molar-refractivity contribution in [2.24, 2.45) is 0 Å². The average molecular weight is 403 g/mol. The Morgan fingerprint density at radius 3 is 2.71 bits per heavy atom. The lowest BCUT2D eigenvalue weighted by Crippen LogP contribution is -2.40. The molecule has 0 bridgehead atoms. The van der Waals surface area contributed by atoms with Gasteiger partial charge in [-0.3, -0.25) is 9.69 Å². The van der Waals surface area contributed by atoms with Gasteiger partial charge in [0.25, 0.3) is 5.91 Å². The van der Waals surface area contributed by atoms with Crippen LogP contribution in [0.3, 0.4) is 0 Å². The van der Waals surface area contributed by atoms with Crippen molar-refractivity contribution in [3.63, 3.8) is 0 Å². The van der Waals surface area contributed by atoms with Gasteiger partial charge in [0.2, 0.25) is 0 Å². The molecule has 0 radical (unpaired) electrons. The zero-order valence-electron chi connectivity index (χ0n) is 15.5. The molecule has 0 aromatic heterocycles. The molecule has 1 N–H and O–H groups in total. The lowest BCUT2D eigenvalue weighted by atomic mass is 9.92. The van der Waals surface area contributed by atoms with Gasteiger partial charge in [-0.2, -0.15) is 0 Å². The molecule has 2 heterocycles. The van der Waals surface area contributed by atoms with E-state index in [-0.39, 0.29) is 19.2 Å². The molecule has 1 fully saturated rings. The Morgan fingerprint density at radius 2 is 2.00 bits per heavy atom. The Morgan fingerprint density at radius 1 is 1.25 bits per heavy atom. The van der Waals surface area contributed by atoms with Gasteiger partial charge in [0, 0.05) is 16.1 Å². The zero-order valence-corrected chi connectivity index (χ0v) is 16.2. The van der Waals surface area contributed by atoms with Gasteiger partial charge in [0.15, 0.2) is 6.79 Å². The third kappa shape index (κ3) is 3.06. The topological polar surface area (TPSA) is 77.1 Å². The molecule has 2 aromatic carbocycles. The van der Waals surface area contributed by atoms with Crippen LogP contribution in [0.5, 0.6) is 11.5 Å². The van der Waals surface area contributed by atoms with E-state index in [1.807, 2.05) is 0 Å². The van der Waals surface area contributed by atoms with E-state index in [1.165, 1.54) is 4.90 Å². The quantitative estimate of drug-likeness (QED) is 0.795. The number of benzene rings is 2. The molecule has 1 saturated heterocycles. The number of nitrogens with one attached hydrogen (secondary N) is 1. The van der Waals surface area contributed by atoms with E-state index >= 15 is 0 Å². The van der Waals surface area contributed by atoms with Crippen molar-refractivity contribution >= 4 is 23.5 Å². The highest BCUT2D eigenvalue weighted by Crippen LogP contribution is 2.35. The summed E-state index contributed by atoms with van der Waals surface area (Å²) in [6, 6.07) is 10.0. The Kier molecular flexibility index (Phi) is 4.64. The molecule has 28 heavy (non-hydrogen) atoms. The van der Waals surface area contributed by atoms with Gasteiger partial charge in [-0.25, -0.2) is 4.79 Å². The summed E-state index contributed by atoms with van der Waals surface area (Å²) < 4.78 is 16.0. The number of carbonyl (C=O) groups is 2. The molecule has 0 unspecified atom stereocenters. The number of methoxy groups -OCH3 is 1. The molecule has 0 spiro atoms. The zero-order chi connectivity index (χ0) is 19.9. The summed E-state index contributed by atoms with van der Waals surface area (Å²) in [7, 11) is 1.57. The molecule has 0 aliphatic carbocycles. The summed E-state index contributed by atoms with van der Waals surface area (Å²) in [6.07, 6.45) is 0. The first-order valence-corrected chi connectivity index (χ1v) is 9.10. The first kappa shape index (κ1) is 18.6. The SMILES string of the molecule is COc1ccc([C@]2(C)NC(=O)N(Cc3cc(Cl)cc4c3OCOC4)C2=O)cc1. The maximum Gasteiger partial charge on any atom is 0.325 e. The number of amides is 3. The summed E-state index contributed by atoms with van der Waals surface area (Å²) in [5, 5.41) is 3.29. The van der Waals surface area contributed by atoms with Gasteiger partial charge in [0.05, 0.1) is 20.3 Å². The standard InChI is InChI=1S/C20H19ClN2O5/c1-20(14-3-5-16(26-2)6-4-14)18(24)23(19(25)22-20)9-12-7-15(21)8-13-10-27-11-28-17(12)13/h3-8H,9-11H2,1-2H3,(H,22,25)/t20-/m0/s1. The van der Waals surface area contributed by atoms with Crippen molar-refractivity contribution in [1.29, 1.82) is 0 Å². The molecular formula is C20H19ClN2O5. The summed E-state index contributed by atoms with van der Waals surface area (Å²) in [5.41, 5.74) is 0.963. The van der Waals surface area contributed by atoms with Crippen LogP contribution < -0.4 is 14.8 Å². The molecule has 1 atom stereocenters. The lowest BCUT2D eigenvalue weighted by molar-refractivity contribution is -0.131. The molecule has 146 valence electrons. The van der Waals surface area contributed by atoms with Crippen LogP contribution in [0.15, 0.2) is 36.4 Å². The minimum Gasteiger partial charge on any atom is -0.497 e. The fourth-order valence-electron chi connectivity index (χ4n) is 3.51. The predicted octanol–water partition coefficient (Wildman–Crippen LogP) is 3.18. The van der Waals surface area contributed by atoms with Crippen LogP contribution in [-0.4, -0.2) is 30.7 Å². The number of rotatable bonds is 4. The summed E-state index contributed by atoms with van der Waals surface area (Å²) in [4.78, 5) is 27.0. The second-order valence-corrected chi connectivity index (χ2v) is 7.28. The number of imide groups is 1. The van der Waals surface area contributed by atoms with Gasteiger partial charge < -0.3 is 19.5 Å². The van der Waals surface area contributed by atoms with Crippen LogP contribution >= 0.6 is 11.6 Å². The molecule has 3 amide bonds. The maximum atomic E-state index is 13.2. The third-order valence-electron chi connectivity index (χ3n) is 5.02. The number of ether oxygens (including phenoxy) is 3. The number of fused-ring (bicyclic) bond motifs is 1. The number of nitrogens with zero attached hydrogens (tertiary/aromatic N) is 1. The van der Waals surface area contributed by atoms with Crippen molar-refractivity contribution in [2.75, 3.05) is 13.9 Å². The molecule has 4 rings (SSSR count). The number of carbonyl (C=O) groups excluding carboxylic acids is 2. The van der Waals surface area contributed by atoms with Crippen LogP contribution in [-0.2, 0) is 28.2 Å². The minimum atomic E-state index is -1.16. The first-order chi connectivity index (χ1) is 13.4. The Hall–Kier alpha value is -2.77. The molecular weight excluding hydrogens is 384 g/mol. The number of hydrogen-bond donors (Lipinski definition) is 1. The highest BCUT2D eigenvalue weighted by Gasteiger charge is 2.49. The van der Waals surface area contributed by atoms with Crippen molar-refractivity contribution < 1.29 is 23.8 Å². The molecule has 2 aromatic rings. The normalized spacial score (nSPS) is 21.2. The lowest BCUT2D eigenvalue weighted by Gasteiger charge is -2.24. The monoisotopic (exact) mass is 402 g/mol. The Balaban J connectivity index is 1.64.